The van der Waals surface area contributed by atoms with Crippen molar-refractivity contribution in [1.82, 2.24) is 5.32 Å². The van der Waals surface area contributed by atoms with Crippen LogP contribution in [0.5, 0.6) is 11.5 Å². The van der Waals surface area contributed by atoms with Gasteiger partial charge in [-0.1, -0.05) is 29.8 Å². The van der Waals surface area contributed by atoms with Crippen LogP contribution in [-0.4, -0.2) is 36.8 Å². The monoisotopic (exact) mass is 390 g/mol. The van der Waals surface area contributed by atoms with Gasteiger partial charge in [0.05, 0.1) is 12.0 Å². The number of hydrogen-bond acceptors (Lipinski definition) is 6. The summed E-state index contributed by atoms with van der Waals surface area (Å²) in [5.41, 5.74) is 2.34. The average Bonchev–Trinajstić information content (AvgIpc) is 2.67. The molecule has 0 spiro atoms. The standard InChI is InChI=1S/C19H22N2O5S/c1-14-3-5-15(6-4-14)13-27-10-9-20-19(22)12-26-16-7-8-17(21(23)24)18(11-16)25-2/h3-8,11H,9-10,12-13H2,1-2H3,(H,20,22). The third-order valence-electron chi connectivity index (χ3n) is 3.68. The average molecular weight is 390 g/mol. The first kappa shape index (κ1) is 20.6. The number of nitrogens with zero attached hydrogens (tertiary/aromatic N) is 1. The topological polar surface area (TPSA) is 90.7 Å². The lowest BCUT2D eigenvalue weighted by Crippen LogP contribution is -2.30. The molecule has 0 saturated heterocycles. The van der Waals surface area contributed by atoms with E-state index in [1.807, 2.05) is 0 Å². The molecule has 0 aromatic heterocycles. The number of methoxy groups -OCH3 is 1. The maximum Gasteiger partial charge on any atom is 0.311 e. The summed E-state index contributed by atoms with van der Waals surface area (Å²) in [7, 11) is 1.34. The molecule has 0 aliphatic heterocycles. The van der Waals surface area contributed by atoms with Gasteiger partial charge in [-0.25, -0.2) is 0 Å². The van der Waals surface area contributed by atoms with Gasteiger partial charge in [-0.2, -0.15) is 11.8 Å². The van der Waals surface area contributed by atoms with Crippen molar-refractivity contribution in [2.24, 2.45) is 0 Å². The molecule has 7 nitrogen and oxygen atoms in total. The fourth-order valence-electron chi connectivity index (χ4n) is 2.24. The van der Waals surface area contributed by atoms with E-state index in [-0.39, 0.29) is 24.0 Å². The van der Waals surface area contributed by atoms with Gasteiger partial charge in [0.1, 0.15) is 5.75 Å². The lowest BCUT2D eigenvalue weighted by molar-refractivity contribution is -0.385. The normalized spacial score (nSPS) is 10.3. The minimum absolute atomic E-state index is 0.0883. The first-order valence-corrected chi connectivity index (χ1v) is 9.50. The zero-order chi connectivity index (χ0) is 19.6. The predicted octanol–water partition coefficient (Wildman–Crippen LogP) is 3.34. The second-order valence-electron chi connectivity index (χ2n) is 5.77. The van der Waals surface area contributed by atoms with E-state index in [0.717, 1.165) is 11.5 Å². The summed E-state index contributed by atoms with van der Waals surface area (Å²) in [5, 5.41) is 13.6. The van der Waals surface area contributed by atoms with Crippen LogP contribution in [0.3, 0.4) is 0 Å². The molecule has 0 bridgehead atoms. The summed E-state index contributed by atoms with van der Waals surface area (Å²) in [6, 6.07) is 12.5. The molecule has 0 aliphatic rings. The highest BCUT2D eigenvalue weighted by atomic mass is 32.2. The highest BCUT2D eigenvalue weighted by Gasteiger charge is 2.15. The number of carbonyl (C=O) groups is 1. The number of rotatable bonds is 10. The molecule has 8 heteroatoms. The van der Waals surface area contributed by atoms with Crippen molar-refractivity contribution in [3.63, 3.8) is 0 Å². The number of hydrogen-bond donors (Lipinski definition) is 1. The number of benzene rings is 2. The largest absolute Gasteiger partial charge is 0.490 e. The van der Waals surface area contributed by atoms with Crippen LogP contribution in [0, 0.1) is 17.0 Å². The van der Waals surface area contributed by atoms with Crippen LogP contribution in [0.4, 0.5) is 5.69 Å². The minimum Gasteiger partial charge on any atom is -0.490 e. The van der Waals surface area contributed by atoms with E-state index >= 15 is 0 Å². The maximum atomic E-state index is 11.8. The Kier molecular flexibility index (Phi) is 7.94. The molecule has 0 saturated carbocycles. The summed E-state index contributed by atoms with van der Waals surface area (Å²) >= 11 is 1.74. The van der Waals surface area contributed by atoms with E-state index in [2.05, 4.69) is 36.5 Å². The van der Waals surface area contributed by atoms with Crippen molar-refractivity contribution in [2.75, 3.05) is 26.0 Å². The highest BCUT2D eigenvalue weighted by molar-refractivity contribution is 7.98. The third-order valence-corrected chi connectivity index (χ3v) is 4.71. The molecule has 144 valence electrons. The predicted molar refractivity (Wildman–Crippen MR) is 105 cm³/mol. The zero-order valence-corrected chi connectivity index (χ0v) is 16.1. The summed E-state index contributed by atoms with van der Waals surface area (Å²) in [6.07, 6.45) is 0. The van der Waals surface area contributed by atoms with Gasteiger partial charge >= 0.3 is 5.69 Å². The molecule has 0 fully saturated rings. The van der Waals surface area contributed by atoms with E-state index in [1.165, 1.54) is 36.4 Å². The Morgan fingerprint density at radius 1 is 1.22 bits per heavy atom. The Morgan fingerprint density at radius 2 is 1.96 bits per heavy atom. The number of nitrogens with one attached hydrogen (secondary N) is 1. The number of aryl methyl sites for hydroxylation is 1. The summed E-state index contributed by atoms with van der Waals surface area (Å²) in [4.78, 5) is 22.1. The molecule has 27 heavy (non-hydrogen) atoms. The van der Waals surface area contributed by atoms with Crippen molar-refractivity contribution >= 4 is 23.4 Å². The van der Waals surface area contributed by atoms with Gasteiger partial charge in [0.15, 0.2) is 6.61 Å². The van der Waals surface area contributed by atoms with Crippen LogP contribution in [0.1, 0.15) is 11.1 Å². The Hall–Kier alpha value is -2.74. The molecular formula is C19H22N2O5S. The molecule has 0 radical (unpaired) electrons. The van der Waals surface area contributed by atoms with Crippen molar-refractivity contribution in [1.29, 1.82) is 0 Å². The van der Waals surface area contributed by atoms with Crippen LogP contribution < -0.4 is 14.8 Å². The number of thioether (sulfide) groups is 1. The highest BCUT2D eigenvalue weighted by Crippen LogP contribution is 2.30. The van der Waals surface area contributed by atoms with Gasteiger partial charge in [0, 0.05) is 30.2 Å². The van der Waals surface area contributed by atoms with Crippen molar-refractivity contribution in [3.05, 3.63) is 63.7 Å². The Labute approximate surface area is 162 Å². The molecule has 2 aromatic carbocycles. The van der Waals surface area contributed by atoms with Gasteiger partial charge < -0.3 is 14.8 Å². The smallest absolute Gasteiger partial charge is 0.311 e. The van der Waals surface area contributed by atoms with Gasteiger partial charge in [0.2, 0.25) is 5.75 Å². The summed E-state index contributed by atoms with van der Waals surface area (Å²) in [5.74, 6) is 1.87. The van der Waals surface area contributed by atoms with Crippen molar-refractivity contribution < 1.29 is 19.2 Å². The van der Waals surface area contributed by atoms with Crippen LogP contribution >= 0.6 is 11.8 Å². The molecule has 0 heterocycles. The van der Waals surface area contributed by atoms with Crippen LogP contribution in [0.2, 0.25) is 0 Å². The molecule has 0 atom stereocenters. The number of nitro benzene ring substituents is 1. The number of nitro groups is 1. The number of amides is 1. The van der Waals surface area contributed by atoms with E-state index in [1.54, 1.807) is 11.8 Å². The van der Waals surface area contributed by atoms with Crippen molar-refractivity contribution in [3.8, 4) is 11.5 Å². The maximum absolute atomic E-state index is 11.8. The Morgan fingerprint density at radius 3 is 2.63 bits per heavy atom. The molecule has 2 aromatic rings. The van der Waals surface area contributed by atoms with Crippen LogP contribution in [-0.2, 0) is 10.5 Å². The number of ether oxygens (including phenoxy) is 2. The lowest BCUT2D eigenvalue weighted by Gasteiger charge is -2.09. The quantitative estimate of drug-likeness (QED) is 0.380. The fourth-order valence-corrected chi connectivity index (χ4v) is 3.05. The van der Waals surface area contributed by atoms with E-state index in [9.17, 15) is 14.9 Å². The van der Waals surface area contributed by atoms with E-state index in [0.29, 0.717) is 12.3 Å². The molecule has 2 rings (SSSR count). The first-order chi connectivity index (χ1) is 13.0. The van der Waals surface area contributed by atoms with Crippen LogP contribution in [0.25, 0.3) is 0 Å². The minimum atomic E-state index is -0.538. The Balaban J connectivity index is 1.67. The van der Waals surface area contributed by atoms with Gasteiger partial charge in [0.25, 0.3) is 5.91 Å². The SMILES string of the molecule is COc1cc(OCC(=O)NCCSCc2ccc(C)cc2)ccc1[N+](=O)[O-]. The Bertz CT molecular complexity index is 780. The molecular weight excluding hydrogens is 368 g/mol. The summed E-state index contributed by atoms with van der Waals surface area (Å²) < 4.78 is 10.3. The second kappa shape index (κ2) is 10.4. The van der Waals surface area contributed by atoms with Crippen LogP contribution in [0.15, 0.2) is 42.5 Å². The van der Waals surface area contributed by atoms with Crippen molar-refractivity contribution in [2.45, 2.75) is 12.7 Å². The zero-order valence-electron chi connectivity index (χ0n) is 15.3. The van der Waals surface area contributed by atoms with Gasteiger partial charge in [-0.15, -0.1) is 0 Å². The molecule has 0 unspecified atom stereocenters. The molecule has 0 aliphatic carbocycles. The molecule has 1 N–H and O–H groups in total. The third kappa shape index (κ3) is 6.82. The second-order valence-corrected chi connectivity index (χ2v) is 6.87. The van der Waals surface area contributed by atoms with Gasteiger partial charge in [-0.05, 0) is 18.6 Å². The first-order valence-electron chi connectivity index (χ1n) is 8.35. The molecule has 1 amide bonds. The fraction of sp³-hybridized carbons (Fsp3) is 0.316. The van der Waals surface area contributed by atoms with E-state index in [4.69, 9.17) is 9.47 Å². The van der Waals surface area contributed by atoms with E-state index < -0.39 is 4.92 Å². The summed E-state index contributed by atoms with van der Waals surface area (Å²) in [6.45, 7) is 2.44. The van der Waals surface area contributed by atoms with Gasteiger partial charge in [-0.3, -0.25) is 14.9 Å². The number of carbonyl (C=O) groups excluding carboxylic acids is 1. The lowest BCUT2D eigenvalue weighted by atomic mass is 10.2.